The van der Waals surface area contributed by atoms with Gasteiger partial charge in [-0.3, -0.25) is 0 Å². The van der Waals surface area contributed by atoms with Gasteiger partial charge in [0.05, 0.1) is 6.61 Å². The van der Waals surface area contributed by atoms with E-state index in [0.29, 0.717) is 13.4 Å². The molecule has 0 spiro atoms. The van der Waals surface area contributed by atoms with Crippen LogP contribution in [0.5, 0.6) is 5.75 Å². The Labute approximate surface area is 73.1 Å². The number of ether oxygens (including phenoxy) is 2. The van der Waals surface area contributed by atoms with Crippen molar-refractivity contribution in [2.45, 2.75) is 6.42 Å². The van der Waals surface area contributed by atoms with Crippen LogP contribution in [-0.4, -0.2) is 13.4 Å². The molecule has 0 unspecified atom stereocenters. The lowest BCUT2D eigenvalue weighted by Gasteiger charge is -2.05. The first-order valence-electron chi connectivity index (χ1n) is 3.98. The van der Waals surface area contributed by atoms with Crippen molar-refractivity contribution < 1.29 is 9.47 Å². The zero-order valence-corrected chi connectivity index (χ0v) is 7.03. The van der Waals surface area contributed by atoms with Crippen LogP contribution < -0.4 is 4.74 Å². The van der Waals surface area contributed by atoms with Crippen LogP contribution in [0.1, 0.15) is 6.42 Å². The van der Waals surface area contributed by atoms with E-state index in [1.54, 1.807) is 0 Å². The zero-order chi connectivity index (χ0) is 8.65. The molecule has 1 aromatic carbocycles. The third-order valence-corrected chi connectivity index (χ3v) is 1.34. The van der Waals surface area contributed by atoms with Crippen LogP contribution in [0.4, 0.5) is 0 Å². The molecule has 0 aliphatic rings. The van der Waals surface area contributed by atoms with E-state index in [1.165, 1.54) is 0 Å². The van der Waals surface area contributed by atoms with E-state index < -0.39 is 0 Å². The summed E-state index contributed by atoms with van der Waals surface area (Å²) >= 11 is 0. The largest absolute Gasteiger partial charge is 0.468 e. The quantitative estimate of drug-likeness (QED) is 0.492. The molecule has 0 aliphatic heterocycles. The Morgan fingerprint density at radius 1 is 1.17 bits per heavy atom. The van der Waals surface area contributed by atoms with Gasteiger partial charge in [0.2, 0.25) is 0 Å². The summed E-state index contributed by atoms with van der Waals surface area (Å²) in [5.74, 6) is 0.835. The smallest absolute Gasteiger partial charge is 0.189 e. The van der Waals surface area contributed by atoms with Gasteiger partial charge in [0.15, 0.2) is 6.79 Å². The van der Waals surface area contributed by atoms with Crippen LogP contribution in [0, 0.1) is 6.92 Å². The molecule has 1 rings (SSSR count). The monoisotopic (exact) mass is 165 g/mol. The fourth-order valence-corrected chi connectivity index (χ4v) is 0.787. The van der Waals surface area contributed by atoms with Crippen molar-refractivity contribution in [3.05, 3.63) is 37.3 Å². The first kappa shape index (κ1) is 9.07. The van der Waals surface area contributed by atoms with E-state index in [4.69, 9.17) is 9.47 Å². The fourth-order valence-electron chi connectivity index (χ4n) is 0.787. The lowest BCUT2D eigenvalue weighted by Crippen LogP contribution is -2.02. The van der Waals surface area contributed by atoms with Gasteiger partial charge in [0.25, 0.3) is 0 Å². The predicted molar refractivity (Wildman–Crippen MR) is 47.9 cm³/mol. The predicted octanol–water partition coefficient (Wildman–Crippen LogP) is 2.26. The van der Waals surface area contributed by atoms with Crippen molar-refractivity contribution in [1.82, 2.24) is 0 Å². The van der Waals surface area contributed by atoms with Crippen LogP contribution in [0.2, 0.25) is 0 Å². The highest BCUT2D eigenvalue weighted by Crippen LogP contribution is 2.07. The minimum Gasteiger partial charge on any atom is -0.468 e. The minimum absolute atomic E-state index is 0.305. The molecule has 0 aromatic heterocycles. The Morgan fingerprint density at radius 3 is 2.58 bits per heavy atom. The lowest BCUT2D eigenvalue weighted by molar-refractivity contribution is 0.0175. The normalized spacial score (nSPS) is 9.75. The molecule has 0 saturated heterocycles. The van der Waals surface area contributed by atoms with Crippen molar-refractivity contribution in [2.24, 2.45) is 0 Å². The lowest BCUT2D eigenvalue weighted by atomic mass is 10.3. The molecule has 0 aliphatic carbocycles. The van der Waals surface area contributed by atoms with E-state index in [2.05, 4.69) is 6.92 Å². The molecule has 2 nitrogen and oxygen atoms in total. The summed E-state index contributed by atoms with van der Waals surface area (Å²) in [6.45, 7) is 4.60. The molecule has 0 bridgehead atoms. The van der Waals surface area contributed by atoms with E-state index in [0.717, 1.165) is 12.2 Å². The number of para-hydroxylation sites is 1. The molecule has 2 heteroatoms. The molecule has 0 N–H and O–H groups in total. The summed E-state index contributed by atoms with van der Waals surface area (Å²) < 4.78 is 10.4. The Bertz CT molecular complexity index is 196. The van der Waals surface area contributed by atoms with Gasteiger partial charge in [-0.1, -0.05) is 25.1 Å². The second kappa shape index (κ2) is 5.61. The molecule has 65 valence electrons. The van der Waals surface area contributed by atoms with Crippen LogP contribution in [-0.2, 0) is 4.74 Å². The highest BCUT2D eigenvalue weighted by molar-refractivity contribution is 5.20. The van der Waals surface area contributed by atoms with Crippen LogP contribution >= 0.6 is 0 Å². The number of benzene rings is 1. The highest BCUT2D eigenvalue weighted by Gasteiger charge is 1.89. The van der Waals surface area contributed by atoms with Gasteiger partial charge in [-0.05, 0) is 18.6 Å². The van der Waals surface area contributed by atoms with Gasteiger partial charge in [-0.15, -0.1) is 0 Å². The van der Waals surface area contributed by atoms with E-state index in [9.17, 15) is 0 Å². The minimum atomic E-state index is 0.305. The zero-order valence-electron chi connectivity index (χ0n) is 7.03. The van der Waals surface area contributed by atoms with E-state index in [1.807, 2.05) is 30.3 Å². The van der Waals surface area contributed by atoms with Crippen LogP contribution in [0.3, 0.4) is 0 Å². The molecule has 12 heavy (non-hydrogen) atoms. The van der Waals surface area contributed by atoms with Crippen molar-refractivity contribution in [1.29, 1.82) is 0 Å². The topological polar surface area (TPSA) is 18.5 Å². The molecular formula is C10H13O2. The molecule has 0 saturated carbocycles. The van der Waals surface area contributed by atoms with Gasteiger partial charge in [-0.25, -0.2) is 0 Å². The summed E-state index contributed by atoms with van der Waals surface area (Å²) in [5, 5.41) is 0. The molecule has 1 aromatic rings. The number of hydrogen-bond acceptors (Lipinski definition) is 2. The second-order valence-corrected chi connectivity index (χ2v) is 2.34. The van der Waals surface area contributed by atoms with Gasteiger partial charge < -0.3 is 9.47 Å². The summed E-state index contributed by atoms with van der Waals surface area (Å²) in [6.07, 6.45) is 0.776. The van der Waals surface area contributed by atoms with E-state index in [-0.39, 0.29) is 0 Å². The second-order valence-electron chi connectivity index (χ2n) is 2.34. The van der Waals surface area contributed by atoms with Crippen molar-refractivity contribution in [3.8, 4) is 5.75 Å². The highest BCUT2D eigenvalue weighted by atomic mass is 16.7. The Hall–Kier alpha value is -1.02. The molecule has 0 amide bonds. The molecule has 0 heterocycles. The standard InChI is InChI=1S/C10H13O2/c1-2-8-11-9-12-10-6-4-3-5-7-10/h3-7H,1-2,8-9H2. The maximum absolute atomic E-state index is 5.26. The van der Waals surface area contributed by atoms with Crippen LogP contribution in [0.15, 0.2) is 30.3 Å². The van der Waals surface area contributed by atoms with E-state index >= 15 is 0 Å². The first-order chi connectivity index (χ1) is 5.93. The molecular weight excluding hydrogens is 152 g/mol. The number of rotatable bonds is 5. The third-order valence-electron chi connectivity index (χ3n) is 1.34. The summed E-state index contributed by atoms with van der Waals surface area (Å²) in [7, 11) is 0. The molecule has 0 atom stereocenters. The average molecular weight is 165 g/mol. The Balaban J connectivity index is 2.16. The van der Waals surface area contributed by atoms with Gasteiger partial charge in [-0.2, -0.15) is 0 Å². The molecule has 0 fully saturated rings. The number of hydrogen-bond donors (Lipinski definition) is 0. The average Bonchev–Trinajstić information content (AvgIpc) is 2.14. The van der Waals surface area contributed by atoms with Crippen molar-refractivity contribution in [2.75, 3.05) is 13.4 Å². The maximum Gasteiger partial charge on any atom is 0.189 e. The summed E-state index contributed by atoms with van der Waals surface area (Å²) in [4.78, 5) is 0. The van der Waals surface area contributed by atoms with Gasteiger partial charge in [0, 0.05) is 0 Å². The third kappa shape index (κ3) is 3.39. The maximum atomic E-state index is 5.26. The van der Waals surface area contributed by atoms with Gasteiger partial charge in [0.1, 0.15) is 5.75 Å². The molecule has 1 radical (unpaired) electrons. The summed E-state index contributed by atoms with van der Waals surface area (Å²) in [5.41, 5.74) is 0. The first-order valence-corrected chi connectivity index (χ1v) is 3.98. The van der Waals surface area contributed by atoms with Gasteiger partial charge >= 0.3 is 0 Å². The van der Waals surface area contributed by atoms with Crippen molar-refractivity contribution in [3.63, 3.8) is 0 Å². The Kier molecular flexibility index (Phi) is 4.24. The SMILES string of the molecule is [CH2]CCOCOc1ccccc1. The summed E-state index contributed by atoms with van der Waals surface area (Å²) in [6, 6.07) is 9.60. The van der Waals surface area contributed by atoms with Crippen molar-refractivity contribution >= 4 is 0 Å². The van der Waals surface area contributed by atoms with Crippen LogP contribution in [0.25, 0.3) is 0 Å². The fraction of sp³-hybridized carbons (Fsp3) is 0.300. The Morgan fingerprint density at radius 2 is 1.92 bits per heavy atom.